The maximum atomic E-state index is 13.6. The molecule has 1 aromatic rings. The minimum absolute atomic E-state index is 0.0708. The van der Waals surface area contributed by atoms with Crippen LogP contribution in [-0.4, -0.2) is 29.5 Å². The van der Waals surface area contributed by atoms with Crippen LogP contribution in [-0.2, 0) is 4.57 Å². The zero-order chi connectivity index (χ0) is 15.0. The van der Waals surface area contributed by atoms with Gasteiger partial charge in [-0.3, -0.25) is 4.57 Å². The molecule has 0 radical (unpaired) electrons. The summed E-state index contributed by atoms with van der Waals surface area (Å²) in [5.41, 5.74) is 0. The molecule has 0 bridgehead atoms. The maximum absolute atomic E-state index is 13.6. The number of halogens is 1. The molecule has 0 aliphatic carbocycles. The molecule has 3 N–H and O–H groups in total. The lowest BCUT2D eigenvalue weighted by molar-refractivity contribution is 0.221. The number of benzene rings is 1. The van der Waals surface area contributed by atoms with Gasteiger partial charge in [0, 0.05) is 12.2 Å². The Balaban J connectivity index is 2.34. The SMILES string of the molecule is CCOc1ccc(OCCCCP(=O)(O)NO)c(F)c1. The van der Waals surface area contributed by atoms with E-state index in [1.807, 2.05) is 6.92 Å². The summed E-state index contributed by atoms with van der Waals surface area (Å²) in [6.45, 7) is 2.49. The van der Waals surface area contributed by atoms with Gasteiger partial charge in [0.05, 0.1) is 13.2 Å². The molecule has 0 saturated heterocycles. The lowest BCUT2D eigenvalue weighted by atomic mass is 10.3. The number of hydrogen-bond donors (Lipinski definition) is 3. The fourth-order valence-electron chi connectivity index (χ4n) is 1.52. The van der Waals surface area contributed by atoms with Gasteiger partial charge in [-0.15, -0.1) is 5.25 Å². The average Bonchev–Trinajstić information content (AvgIpc) is 2.41. The van der Waals surface area contributed by atoms with Gasteiger partial charge in [0.2, 0.25) is 0 Å². The van der Waals surface area contributed by atoms with Gasteiger partial charge in [-0.1, -0.05) is 0 Å². The Morgan fingerprint density at radius 1 is 1.35 bits per heavy atom. The second-order valence-electron chi connectivity index (χ2n) is 4.11. The zero-order valence-electron chi connectivity index (χ0n) is 11.2. The Labute approximate surface area is 117 Å². The van der Waals surface area contributed by atoms with E-state index in [1.54, 1.807) is 6.07 Å². The summed E-state index contributed by atoms with van der Waals surface area (Å²) in [6, 6.07) is 4.34. The zero-order valence-corrected chi connectivity index (χ0v) is 12.1. The molecule has 20 heavy (non-hydrogen) atoms. The fourth-order valence-corrected chi connectivity index (χ4v) is 2.27. The molecule has 1 unspecified atom stereocenters. The molecular weight excluding hydrogens is 288 g/mol. The first-order chi connectivity index (χ1) is 9.48. The van der Waals surface area contributed by atoms with Crippen LogP contribution in [0.5, 0.6) is 11.5 Å². The molecule has 0 amide bonds. The Morgan fingerprint density at radius 2 is 2.10 bits per heavy atom. The lowest BCUT2D eigenvalue weighted by Gasteiger charge is -2.10. The van der Waals surface area contributed by atoms with E-state index in [0.717, 1.165) is 0 Å². The minimum atomic E-state index is -3.65. The molecule has 0 fully saturated rings. The van der Waals surface area contributed by atoms with Gasteiger partial charge >= 0.3 is 0 Å². The molecule has 1 atom stereocenters. The molecule has 0 aliphatic rings. The summed E-state index contributed by atoms with van der Waals surface area (Å²) < 4.78 is 35.0. The molecule has 1 rings (SSSR count). The van der Waals surface area contributed by atoms with Crippen LogP contribution in [0.4, 0.5) is 4.39 Å². The molecule has 0 aromatic heterocycles. The van der Waals surface area contributed by atoms with Crippen molar-refractivity contribution in [1.29, 1.82) is 0 Å². The van der Waals surface area contributed by atoms with E-state index in [2.05, 4.69) is 0 Å². The van der Waals surface area contributed by atoms with E-state index in [0.29, 0.717) is 25.2 Å². The van der Waals surface area contributed by atoms with Gasteiger partial charge in [-0.05, 0) is 31.9 Å². The summed E-state index contributed by atoms with van der Waals surface area (Å²) in [5, 5.41) is 9.75. The van der Waals surface area contributed by atoms with Crippen molar-refractivity contribution in [1.82, 2.24) is 5.25 Å². The average molecular weight is 307 g/mol. The molecule has 0 aliphatic heterocycles. The van der Waals surface area contributed by atoms with Crippen LogP contribution < -0.4 is 14.7 Å². The maximum Gasteiger partial charge on any atom is 0.289 e. The van der Waals surface area contributed by atoms with Crippen molar-refractivity contribution in [2.45, 2.75) is 19.8 Å². The Bertz CT molecular complexity index is 471. The third-order valence-corrected chi connectivity index (χ3v) is 3.72. The van der Waals surface area contributed by atoms with E-state index < -0.39 is 13.3 Å². The highest BCUT2D eigenvalue weighted by Gasteiger charge is 2.15. The first-order valence-corrected chi connectivity index (χ1v) is 8.11. The molecule has 0 spiro atoms. The van der Waals surface area contributed by atoms with Crippen LogP contribution in [0.3, 0.4) is 0 Å². The molecule has 6 nitrogen and oxygen atoms in total. The summed E-state index contributed by atoms with van der Waals surface area (Å²) in [4.78, 5) is 9.04. The van der Waals surface area contributed by atoms with E-state index in [-0.39, 0.29) is 18.5 Å². The van der Waals surface area contributed by atoms with E-state index in [1.165, 1.54) is 17.4 Å². The van der Waals surface area contributed by atoms with Crippen molar-refractivity contribution >= 4 is 7.52 Å². The van der Waals surface area contributed by atoms with Gasteiger partial charge in [0.25, 0.3) is 7.52 Å². The van der Waals surface area contributed by atoms with Gasteiger partial charge in [-0.2, -0.15) is 0 Å². The summed E-state index contributed by atoms with van der Waals surface area (Å²) in [5.74, 6) is 0.0364. The Kier molecular flexibility index (Phi) is 6.95. The number of hydrogen-bond acceptors (Lipinski definition) is 4. The van der Waals surface area contributed by atoms with Gasteiger partial charge in [0.1, 0.15) is 5.75 Å². The number of unbranched alkanes of at least 4 members (excludes halogenated alkanes) is 1. The summed E-state index contributed by atoms with van der Waals surface area (Å²) in [7, 11) is -3.65. The first kappa shape index (κ1) is 16.9. The summed E-state index contributed by atoms with van der Waals surface area (Å²) >= 11 is 0. The highest BCUT2D eigenvalue weighted by atomic mass is 31.2. The third kappa shape index (κ3) is 5.88. The van der Waals surface area contributed by atoms with Crippen LogP contribution in [0.15, 0.2) is 18.2 Å². The molecule has 1 aromatic carbocycles. The van der Waals surface area contributed by atoms with Crippen LogP contribution >= 0.6 is 7.52 Å². The standard InChI is InChI=1S/C12H19FNO5P/c1-2-18-10-5-6-12(11(13)9-10)19-7-3-4-8-20(16,17)14-15/h5-6,9,15H,2-4,7-8H2,1H3,(H2,14,16,17). The monoisotopic (exact) mass is 307 g/mol. The predicted molar refractivity (Wildman–Crippen MR) is 71.9 cm³/mol. The molecule has 0 saturated carbocycles. The minimum Gasteiger partial charge on any atom is -0.494 e. The topological polar surface area (TPSA) is 88.0 Å². The third-order valence-electron chi connectivity index (χ3n) is 2.48. The second-order valence-corrected chi connectivity index (χ2v) is 6.16. The first-order valence-electron chi connectivity index (χ1n) is 6.27. The number of rotatable bonds is 9. The predicted octanol–water partition coefficient (Wildman–Crippen LogP) is 2.55. The second kappa shape index (κ2) is 8.21. The van der Waals surface area contributed by atoms with Crippen LogP contribution in [0.2, 0.25) is 0 Å². The van der Waals surface area contributed by atoms with Crippen LogP contribution in [0, 0.1) is 5.82 Å². The number of nitrogens with one attached hydrogen (secondary N) is 1. The van der Waals surface area contributed by atoms with Crippen molar-refractivity contribution < 1.29 is 28.5 Å². The van der Waals surface area contributed by atoms with Crippen molar-refractivity contribution in [3.05, 3.63) is 24.0 Å². The Hall–Kier alpha value is -1.14. The van der Waals surface area contributed by atoms with Crippen LogP contribution in [0.1, 0.15) is 19.8 Å². The molecule has 114 valence electrons. The van der Waals surface area contributed by atoms with Crippen molar-refractivity contribution in [2.24, 2.45) is 0 Å². The van der Waals surface area contributed by atoms with E-state index in [4.69, 9.17) is 19.6 Å². The van der Waals surface area contributed by atoms with Crippen LogP contribution in [0.25, 0.3) is 0 Å². The van der Waals surface area contributed by atoms with Gasteiger partial charge in [-0.25, -0.2) is 4.39 Å². The van der Waals surface area contributed by atoms with Crippen molar-refractivity contribution in [2.75, 3.05) is 19.4 Å². The number of ether oxygens (including phenoxy) is 2. The normalized spacial score (nSPS) is 13.8. The Morgan fingerprint density at radius 3 is 2.70 bits per heavy atom. The lowest BCUT2D eigenvalue weighted by Crippen LogP contribution is -2.08. The highest BCUT2D eigenvalue weighted by Crippen LogP contribution is 2.35. The molecular formula is C12H19FNO5P. The van der Waals surface area contributed by atoms with Crippen molar-refractivity contribution in [3.63, 3.8) is 0 Å². The van der Waals surface area contributed by atoms with E-state index in [9.17, 15) is 8.96 Å². The largest absolute Gasteiger partial charge is 0.494 e. The van der Waals surface area contributed by atoms with Crippen molar-refractivity contribution in [3.8, 4) is 11.5 Å². The highest BCUT2D eigenvalue weighted by molar-refractivity contribution is 7.55. The molecule has 8 heteroatoms. The summed E-state index contributed by atoms with van der Waals surface area (Å²) in [6.07, 6.45) is 0.775. The fraction of sp³-hybridized carbons (Fsp3) is 0.500. The smallest absolute Gasteiger partial charge is 0.289 e. The van der Waals surface area contributed by atoms with Gasteiger partial charge < -0.3 is 19.6 Å². The van der Waals surface area contributed by atoms with E-state index >= 15 is 0 Å². The molecule has 0 heterocycles. The quantitative estimate of drug-likeness (QED) is 0.369. The van der Waals surface area contributed by atoms with Gasteiger partial charge in [0.15, 0.2) is 11.6 Å².